The third-order valence-electron chi connectivity index (χ3n) is 3.57. The van der Waals surface area contributed by atoms with Crippen molar-refractivity contribution in [3.63, 3.8) is 0 Å². The van der Waals surface area contributed by atoms with Crippen LogP contribution < -0.4 is 0 Å². The average molecular weight is 304 g/mol. The van der Waals surface area contributed by atoms with Crippen LogP contribution in [-0.2, 0) is 4.79 Å². The Hall–Kier alpha value is -2.87. The molecule has 23 heavy (non-hydrogen) atoms. The summed E-state index contributed by atoms with van der Waals surface area (Å²) in [5.41, 5.74) is 3.09. The molecule has 0 bridgehead atoms. The zero-order valence-electron chi connectivity index (χ0n) is 12.9. The number of benzene rings is 2. The van der Waals surface area contributed by atoms with E-state index in [-0.39, 0.29) is 12.3 Å². The summed E-state index contributed by atoms with van der Waals surface area (Å²) < 4.78 is 0. The van der Waals surface area contributed by atoms with Crippen molar-refractivity contribution < 1.29 is 9.90 Å². The van der Waals surface area contributed by atoms with Crippen LogP contribution in [0, 0.1) is 0 Å². The Kier molecular flexibility index (Phi) is 6.13. The summed E-state index contributed by atoms with van der Waals surface area (Å²) in [6.07, 6.45) is 7.66. The molecule has 2 aromatic carbocycles. The maximum atomic E-state index is 11.1. The van der Waals surface area contributed by atoms with E-state index in [1.807, 2.05) is 78.9 Å². The summed E-state index contributed by atoms with van der Waals surface area (Å²) in [6, 6.07) is 19.6. The van der Waals surface area contributed by atoms with Gasteiger partial charge in [0.2, 0.25) is 0 Å². The van der Waals surface area contributed by atoms with Gasteiger partial charge in [0.25, 0.3) is 0 Å². The van der Waals surface area contributed by atoms with Crippen LogP contribution in [0.1, 0.15) is 23.5 Å². The zero-order valence-corrected chi connectivity index (χ0v) is 12.9. The van der Waals surface area contributed by atoms with Gasteiger partial charge in [0, 0.05) is 5.92 Å². The molecule has 2 rings (SSSR count). The zero-order chi connectivity index (χ0) is 16.5. The second kappa shape index (κ2) is 8.54. The molecule has 1 N–H and O–H groups in total. The molecular formula is C21H20O2. The van der Waals surface area contributed by atoms with Crippen LogP contribution in [0.2, 0.25) is 0 Å². The second-order valence-electron chi connectivity index (χ2n) is 5.19. The molecule has 0 spiro atoms. The molecular weight excluding hydrogens is 284 g/mol. The van der Waals surface area contributed by atoms with Gasteiger partial charge in [-0.2, -0.15) is 0 Å². The fourth-order valence-corrected chi connectivity index (χ4v) is 2.39. The monoisotopic (exact) mass is 304 g/mol. The predicted molar refractivity (Wildman–Crippen MR) is 95.2 cm³/mol. The van der Waals surface area contributed by atoms with Gasteiger partial charge in [-0.1, -0.05) is 91.5 Å². The van der Waals surface area contributed by atoms with Crippen LogP contribution in [0.3, 0.4) is 0 Å². The van der Waals surface area contributed by atoms with E-state index in [9.17, 15) is 4.79 Å². The Morgan fingerprint density at radius 2 is 1.65 bits per heavy atom. The Balaban J connectivity index is 2.21. The fraction of sp³-hybridized carbons (Fsp3) is 0.0952. The highest BCUT2D eigenvalue weighted by atomic mass is 16.4. The lowest BCUT2D eigenvalue weighted by Crippen LogP contribution is -2.03. The van der Waals surface area contributed by atoms with Crippen LogP contribution in [0.15, 0.2) is 91.5 Å². The first-order valence-electron chi connectivity index (χ1n) is 7.54. The minimum Gasteiger partial charge on any atom is -0.481 e. The summed E-state index contributed by atoms with van der Waals surface area (Å²) in [7, 11) is 0. The van der Waals surface area contributed by atoms with Gasteiger partial charge in [0.15, 0.2) is 0 Å². The minimum absolute atomic E-state index is 0.0725. The van der Waals surface area contributed by atoms with Crippen molar-refractivity contribution in [2.45, 2.75) is 12.3 Å². The van der Waals surface area contributed by atoms with Gasteiger partial charge in [-0.05, 0) is 16.7 Å². The van der Waals surface area contributed by atoms with Gasteiger partial charge < -0.3 is 5.11 Å². The van der Waals surface area contributed by atoms with Crippen LogP contribution in [0.4, 0.5) is 0 Å². The first-order valence-corrected chi connectivity index (χ1v) is 7.54. The number of allylic oxidation sites excluding steroid dienone is 5. The van der Waals surface area contributed by atoms with Crippen molar-refractivity contribution in [1.29, 1.82) is 0 Å². The van der Waals surface area contributed by atoms with E-state index in [1.165, 1.54) is 0 Å². The van der Waals surface area contributed by atoms with Gasteiger partial charge in [-0.25, -0.2) is 0 Å². The molecule has 0 radical (unpaired) electrons. The molecule has 0 aliphatic carbocycles. The third kappa shape index (κ3) is 5.11. The van der Waals surface area contributed by atoms with Gasteiger partial charge in [0.1, 0.15) is 0 Å². The van der Waals surface area contributed by atoms with Crippen molar-refractivity contribution in [3.05, 3.63) is 103 Å². The van der Waals surface area contributed by atoms with Crippen LogP contribution in [0.5, 0.6) is 0 Å². The third-order valence-corrected chi connectivity index (χ3v) is 3.57. The maximum Gasteiger partial charge on any atom is 0.304 e. The number of carbonyl (C=O) groups is 1. The van der Waals surface area contributed by atoms with E-state index in [1.54, 1.807) is 6.08 Å². The largest absolute Gasteiger partial charge is 0.481 e. The molecule has 0 saturated carbocycles. The highest BCUT2D eigenvalue weighted by molar-refractivity contribution is 5.74. The van der Waals surface area contributed by atoms with Gasteiger partial charge in [-0.15, -0.1) is 0 Å². The van der Waals surface area contributed by atoms with Crippen LogP contribution in [-0.4, -0.2) is 11.1 Å². The van der Waals surface area contributed by atoms with Gasteiger partial charge in [0.05, 0.1) is 6.42 Å². The summed E-state index contributed by atoms with van der Waals surface area (Å²) >= 11 is 0. The molecule has 116 valence electrons. The lowest BCUT2D eigenvalue weighted by molar-refractivity contribution is -0.137. The highest BCUT2D eigenvalue weighted by Gasteiger charge is 2.11. The number of hydrogen-bond donors (Lipinski definition) is 1. The average Bonchev–Trinajstić information content (AvgIpc) is 2.59. The van der Waals surface area contributed by atoms with E-state index in [4.69, 9.17) is 5.11 Å². The molecule has 0 aliphatic heterocycles. The smallest absolute Gasteiger partial charge is 0.304 e. The lowest BCUT2D eigenvalue weighted by Gasteiger charge is -2.10. The van der Waals surface area contributed by atoms with E-state index in [0.717, 1.165) is 16.7 Å². The molecule has 0 saturated heterocycles. The number of carboxylic acids is 1. The first-order chi connectivity index (χ1) is 11.2. The lowest BCUT2D eigenvalue weighted by atomic mass is 9.95. The fourth-order valence-electron chi connectivity index (χ4n) is 2.39. The molecule has 0 amide bonds. The molecule has 2 heteroatoms. The Labute approximate surface area is 137 Å². The Bertz CT molecular complexity index is 697. The molecule has 0 aliphatic rings. The van der Waals surface area contributed by atoms with E-state index in [0.29, 0.717) is 0 Å². The van der Waals surface area contributed by atoms with Gasteiger partial charge >= 0.3 is 5.97 Å². The van der Waals surface area contributed by atoms with Crippen molar-refractivity contribution in [1.82, 2.24) is 0 Å². The molecule has 2 nitrogen and oxygen atoms in total. The normalized spacial score (nSPS) is 13.0. The Morgan fingerprint density at radius 3 is 2.22 bits per heavy atom. The number of hydrogen-bond acceptors (Lipinski definition) is 1. The number of aliphatic carboxylic acids is 1. The molecule has 2 aromatic rings. The van der Waals surface area contributed by atoms with Crippen molar-refractivity contribution in [2.24, 2.45) is 0 Å². The quantitative estimate of drug-likeness (QED) is 0.725. The molecule has 0 aromatic heterocycles. The van der Waals surface area contributed by atoms with Crippen molar-refractivity contribution in [2.75, 3.05) is 0 Å². The Morgan fingerprint density at radius 1 is 1.04 bits per heavy atom. The molecule has 1 atom stereocenters. The van der Waals surface area contributed by atoms with E-state index in [2.05, 4.69) is 6.58 Å². The number of rotatable bonds is 7. The summed E-state index contributed by atoms with van der Waals surface area (Å²) in [5.74, 6) is -0.953. The van der Waals surface area contributed by atoms with Gasteiger partial charge in [-0.3, -0.25) is 4.79 Å². The standard InChI is InChI=1S/C21H20O2/c1-2-17(18-10-5-3-6-11-18)14-9-15-20(16-21(22)23)19-12-7-4-8-13-19/h2-15,20H,1,16H2,(H,22,23). The predicted octanol–water partition coefficient (Wildman–Crippen LogP) is 5.07. The first kappa shape index (κ1) is 16.5. The van der Waals surface area contributed by atoms with Crippen molar-refractivity contribution in [3.8, 4) is 0 Å². The molecule has 0 heterocycles. The van der Waals surface area contributed by atoms with E-state index >= 15 is 0 Å². The SMILES string of the molecule is C=CC(=CC=CC(CC(=O)O)c1ccccc1)c1ccccc1. The summed E-state index contributed by atoms with van der Waals surface area (Å²) in [5, 5.41) is 9.11. The van der Waals surface area contributed by atoms with Crippen molar-refractivity contribution >= 4 is 11.5 Å². The van der Waals surface area contributed by atoms with Crippen LogP contribution >= 0.6 is 0 Å². The van der Waals surface area contributed by atoms with E-state index < -0.39 is 5.97 Å². The molecule has 0 fully saturated rings. The number of carboxylic acid groups (broad SMARTS) is 1. The summed E-state index contributed by atoms with van der Waals surface area (Å²) in [4.78, 5) is 11.1. The minimum atomic E-state index is -0.806. The van der Waals surface area contributed by atoms with Crippen LogP contribution in [0.25, 0.3) is 5.57 Å². The summed E-state index contributed by atoms with van der Waals surface area (Å²) in [6.45, 7) is 3.85. The maximum absolute atomic E-state index is 11.1. The second-order valence-corrected chi connectivity index (χ2v) is 5.19. The topological polar surface area (TPSA) is 37.3 Å². The molecule has 1 unspecified atom stereocenters. The highest BCUT2D eigenvalue weighted by Crippen LogP contribution is 2.22.